The molecule has 2 atom stereocenters. The lowest BCUT2D eigenvalue weighted by molar-refractivity contribution is -0.151. The molecule has 2 unspecified atom stereocenters. The fraction of sp³-hybridized carbons (Fsp3) is 0.481. The first-order valence-electron chi connectivity index (χ1n) is 11.7. The zero-order valence-electron chi connectivity index (χ0n) is 20.9. The minimum atomic E-state index is -0.993. The molecular formula is C27H36O8. The standard InChI is InChI=1S/C27H36O8/c1-5-21(28)16-33-23-10-6-19(7-11-23)27(2,3)20-8-12-24(13-9-20)34-17-22(29)18-35-26(31)15-14-25(30)32-4/h6-13,21-22,28-29H,5,14-18H2,1-4H3. The lowest BCUT2D eigenvalue weighted by Gasteiger charge is -2.26. The van der Waals surface area contributed by atoms with Crippen LogP contribution < -0.4 is 9.47 Å². The van der Waals surface area contributed by atoms with E-state index in [-0.39, 0.29) is 38.1 Å². The van der Waals surface area contributed by atoms with Crippen LogP contribution in [0, 0.1) is 0 Å². The van der Waals surface area contributed by atoms with Crippen LogP contribution in [0.3, 0.4) is 0 Å². The van der Waals surface area contributed by atoms with Gasteiger partial charge in [-0.05, 0) is 41.8 Å². The number of carbonyl (C=O) groups excluding carboxylic acids is 2. The first-order valence-corrected chi connectivity index (χ1v) is 11.7. The van der Waals surface area contributed by atoms with Crippen LogP contribution in [-0.2, 0) is 24.5 Å². The van der Waals surface area contributed by atoms with Crippen LogP contribution in [0.2, 0.25) is 0 Å². The summed E-state index contributed by atoms with van der Waals surface area (Å²) in [6, 6.07) is 15.4. The third-order valence-corrected chi connectivity index (χ3v) is 5.71. The van der Waals surface area contributed by atoms with E-state index in [1.54, 1.807) is 0 Å². The third kappa shape index (κ3) is 9.22. The van der Waals surface area contributed by atoms with Gasteiger partial charge in [-0.15, -0.1) is 0 Å². The van der Waals surface area contributed by atoms with Crippen molar-refractivity contribution in [2.24, 2.45) is 0 Å². The van der Waals surface area contributed by atoms with Crippen LogP contribution in [0.4, 0.5) is 0 Å². The van der Waals surface area contributed by atoms with Crippen molar-refractivity contribution in [1.82, 2.24) is 0 Å². The lowest BCUT2D eigenvalue weighted by Crippen LogP contribution is -2.25. The van der Waals surface area contributed by atoms with E-state index in [9.17, 15) is 19.8 Å². The summed E-state index contributed by atoms with van der Waals surface area (Å²) in [6.45, 7) is 6.17. The van der Waals surface area contributed by atoms with Gasteiger partial charge >= 0.3 is 11.9 Å². The molecule has 0 saturated carbocycles. The number of hydrogen-bond acceptors (Lipinski definition) is 8. The molecule has 0 spiro atoms. The minimum Gasteiger partial charge on any atom is -0.491 e. The quantitative estimate of drug-likeness (QED) is 0.389. The van der Waals surface area contributed by atoms with Crippen molar-refractivity contribution in [3.05, 3.63) is 59.7 Å². The summed E-state index contributed by atoms with van der Waals surface area (Å²) in [5, 5.41) is 19.7. The molecule has 192 valence electrons. The SMILES string of the molecule is CCC(O)COc1ccc(C(C)(C)c2ccc(OCC(O)COC(=O)CCC(=O)OC)cc2)cc1. The normalized spacial score (nSPS) is 13.0. The molecule has 2 aromatic rings. The Morgan fingerprint density at radius 3 is 1.69 bits per heavy atom. The largest absolute Gasteiger partial charge is 0.491 e. The summed E-state index contributed by atoms with van der Waals surface area (Å²) in [4.78, 5) is 22.6. The van der Waals surface area contributed by atoms with Crippen LogP contribution in [0.5, 0.6) is 11.5 Å². The maximum absolute atomic E-state index is 11.6. The van der Waals surface area contributed by atoms with Crippen molar-refractivity contribution in [2.45, 2.75) is 57.7 Å². The minimum absolute atomic E-state index is 0.0405. The number of esters is 2. The molecule has 8 heteroatoms. The Morgan fingerprint density at radius 1 is 0.771 bits per heavy atom. The maximum atomic E-state index is 11.6. The van der Waals surface area contributed by atoms with Crippen LogP contribution in [0.1, 0.15) is 51.2 Å². The Morgan fingerprint density at radius 2 is 1.23 bits per heavy atom. The van der Waals surface area contributed by atoms with E-state index < -0.39 is 24.1 Å². The summed E-state index contributed by atoms with van der Waals surface area (Å²) in [6.07, 6.45) is -0.982. The molecule has 8 nitrogen and oxygen atoms in total. The van der Waals surface area contributed by atoms with E-state index in [0.29, 0.717) is 17.9 Å². The average Bonchev–Trinajstić information content (AvgIpc) is 2.88. The van der Waals surface area contributed by atoms with Crippen molar-refractivity contribution in [3.8, 4) is 11.5 Å². The molecule has 0 aliphatic rings. The highest BCUT2D eigenvalue weighted by Gasteiger charge is 2.23. The summed E-state index contributed by atoms with van der Waals surface area (Å²) in [5.41, 5.74) is 1.93. The van der Waals surface area contributed by atoms with Crippen LogP contribution in [-0.4, -0.2) is 61.3 Å². The van der Waals surface area contributed by atoms with Crippen LogP contribution >= 0.6 is 0 Å². The zero-order chi connectivity index (χ0) is 25.8. The first kappa shape index (κ1) is 28.1. The molecule has 0 aromatic heterocycles. The fourth-order valence-electron chi connectivity index (χ4n) is 3.22. The molecule has 0 aliphatic carbocycles. The number of hydrogen-bond donors (Lipinski definition) is 2. The lowest BCUT2D eigenvalue weighted by atomic mass is 9.78. The van der Waals surface area contributed by atoms with Gasteiger partial charge in [0.15, 0.2) is 0 Å². The van der Waals surface area contributed by atoms with Gasteiger partial charge in [-0.1, -0.05) is 45.0 Å². The highest BCUT2D eigenvalue weighted by molar-refractivity contribution is 5.77. The van der Waals surface area contributed by atoms with Gasteiger partial charge in [0.2, 0.25) is 0 Å². The van der Waals surface area contributed by atoms with Gasteiger partial charge in [-0.2, -0.15) is 0 Å². The number of methoxy groups -OCH3 is 1. The maximum Gasteiger partial charge on any atom is 0.306 e. The van der Waals surface area contributed by atoms with Gasteiger partial charge in [-0.3, -0.25) is 9.59 Å². The van der Waals surface area contributed by atoms with Gasteiger partial charge < -0.3 is 29.2 Å². The molecule has 0 bridgehead atoms. The number of carbonyl (C=O) groups is 2. The fourth-order valence-corrected chi connectivity index (χ4v) is 3.22. The second kappa shape index (κ2) is 13.7. The monoisotopic (exact) mass is 488 g/mol. The van der Waals surface area contributed by atoms with Gasteiger partial charge in [0.05, 0.1) is 26.1 Å². The summed E-state index contributed by atoms with van der Waals surface area (Å²) in [5.74, 6) is 0.221. The summed E-state index contributed by atoms with van der Waals surface area (Å²) < 4.78 is 20.6. The van der Waals surface area contributed by atoms with E-state index in [0.717, 1.165) is 11.1 Å². The van der Waals surface area contributed by atoms with Gasteiger partial charge in [0.1, 0.15) is 37.4 Å². The Labute approximate surface area is 206 Å². The summed E-state index contributed by atoms with van der Waals surface area (Å²) >= 11 is 0. The molecule has 0 amide bonds. The van der Waals surface area contributed by atoms with E-state index in [1.807, 2.05) is 55.5 Å². The number of aliphatic hydroxyl groups excluding tert-OH is 2. The van der Waals surface area contributed by atoms with Crippen molar-refractivity contribution in [2.75, 3.05) is 26.9 Å². The number of benzene rings is 2. The molecule has 2 rings (SSSR count). The zero-order valence-corrected chi connectivity index (χ0v) is 20.9. The number of rotatable bonds is 14. The van der Waals surface area contributed by atoms with Crippen molar-refractivity contribution < 1.29 is 38.7 Å². The topological polar surface area (TPSA) is 112 Å². The number of ether oxygens (including phenoxy) is 4. The molecule has 35 heavy (non-hydrogen) atoms. The smallest absolute Gasteiger partial charge is 0.306 e. The molecule has 2 aromatic carbocycles. The molecule has 0 radical (unpaired) electrons. The average molecular weight is 489 g/mol. The highest BCUT2D eigenvalue weighted by atomic mass is 16.6. The molecule has 0 fully saturated rings. The van der Waals surface area contributed by atoms with Gasteiger partial charge in [0.25, 0.3) is 0 Å². The van der Waals surface area contributed by atoms with Crippen molar-refractivity contribution in [3.63, 3.8) is 0 Å². The molecule has 0 heterocycles. The Bertz CT molecular complexity index is 921. The van der Waals surface area contributed by atoms with Crippen LogP contribution in [0.25, 0.3) is 0 Å². The van der Waals surface area contributed by atoms with Crippen molar-refractivity contribution in [1.29, 1.82) is 0 Å². The Kier molecular flexibility index (Phi) is 11.0. The van der Waals surface area contributed by atoms with Crippen molar-refractivity contribution >= 4 is 11.9 Å². The molecule has 2 N–H and O–H groups in total. The predicted molar refractivity (Wildman–Crippen MR) is 131 cm³/mol. The van der Waals surface area contributed by atoms with Crippen LogP contribution in [0.15, 0.2) is 48.5 Å². The Balaban J connectivity index is 1.84. The second-order valence-corrected chi connectivity index (χ2v) is 8.77. The summed E-state index contributed by atoms with van der Waals surface area (Å²) in [7, 11) is 1.25. The molecule has 0 saturated heterocycles. The highest BCUT2D eigenvalue weighted by Crippen LogP contribution is 2.33. The number of aliphatic hydroxyl groups is 2. The molecule has 0 aliphatic heterocycles. The predicted octanol–water partition coefficient (Wildman–Crippen LogP) is 3.40. The third-order valence-electron chi connectivity index (χ3n) is 5.71. The van der Waals surface area contributed by atoms with Gasteiger partial charge in [0, 0.05) is 5.41 Å². The van der Waals surface area contributed by atoms with E-state index >= 15 is 0 Å². The second-order valence-electron chi connectivity index (χ2n) is 8.77. The van der Waals surface area contributed by atoms with Gasteiger partial charge in [-0.25, -0.2) is 0 Å². The molecular weight excluding hydrogens is 452 g/mol. The van der Waals surface area contributed by atoms with E-state index in [2.05, 4.69) is 18.6 Å². The Hall–Kier alpha value is -3.10. The van der Waals surface area contributed by atoms with E-state index in [1.165, 1.54) is 7.11 Å². The first-order chi connectivity index (χ1) is 16.6. The van der Waals surface area contributed by atoms with E-state index in [4.69, 9.17) is 14.2 Å².